The van der Waals surface area contributed by atoms with Crippen molar-refractivity contribution in [1.82, 2.24) is 0 Å². The first-order chi connectivity index (χ1) is 12.5. The number of Topliss-reactive ketones (excluding diaryl/α,β-unsaturated/α-hetero) is 1. The van der Waals surface area contributed by atoms with Crippen LogP contribution in [0.1, 0.15) is 31.4 Å². The lowest BCUT2D eigenvalue weighted by Crippen LogP contribution is -2.07. The molecule has 0 bridgehead atoms. The fraction of sp³-hybridized carbons (Fsp3) is 0.100. The van der Waals surface area contributed by atoms with E-state index in [4.69, 9.17) is 4.42 Å². The lowest BCUT2D eigenvalue weighted by molar-refractivity contribution is 0.0697. The molecule has 0 amide bonds. The topological polar surface area (TPSA) is 67.5 Å². The largest absolute Gasteiger partial charge is 0.478 e. The number of carboxylic acid groups (broad SMARTS) is 1. The Kier molecular flexibility index (Phi) is 4.22. The maximum atomic E-state index is 12.6. The lowest BCUT2D eigenvalue weighted by atomic mass is 10.0. The first kappa shape index (κ1) is 16.8. The molecule has 4 nitrogen and oxygen atoms in total. The average Bonchev–Trinajstić information content (AvgIpc) is 3.31. The molecule has 0 saturated carbocycles. The van der Waals surface area contributed by atoms with E-state index in [0.717, 1.165) is 15.1 Å². The molecular weight excluding hydrogens is 368 g/mol. The Balaban J connectivity index is 1.68. The van der Waals surface area contributed by atoms with Crippen molar-refractivity contribution >= 4 is 45.4 Å². The molecule has 0 unspecified atom stereocenters. The average molecular weight is 382 g/mol. The predicted octanol–water partition coefficient (Wildman–Crippen LogP) is 5.65. The first-order valence-electron chi connectivity index (χ1n) is 7.95. The number of benzene rings is 1. The van der Waals surface area contributed by atoms with Gasteiger partial charge in [-0.25, -0.2) is 4.79 Å². The minimum absolute atomic E-state index is 0.00229. The third-order valence-electron chi connectivity index (χ3n) is 4.10. The van der Waals surface area contributed by atoms with E-state index in [1.54, 1.807) is 28.8 Å². The monoisotopic (exact) mass is 382 g/mol. The van der Waals surface area contributed by atoms with Crippen LogP contribution in [-0.2, 0) is 6.42 Å². The smallest absolute Gasteiger partial charge is 0.337 e. The molecule has 1 N–H and O–H groups in total. The van der Waals surface area contributed by atoms with Gasteiger partial charge >= 0.3 is 5.97 Å². The summed E-state index contributed by atoms with van der Waals surface area (Å²) in [4.78, 5) is 27.2. The van der Waals surface area contributed by atoms with Gasteiger partial charge in [0.05, 0.1) is 10.4 Å². The molecule has 0 atom stereocenters. The lowest BCUT2D eigenvalue weighted by Gasteiger charge is -2.01. The number of hydrogen-bond acceptors (Lipinski definition) is 5. The number of thiophene rings is 2. The standard InChI is InChI=1S/C20H14O4S2/c1-11-6-7-17(26-11)19-18(20(22)23)13(10-25-19)8-14(21)16-9-12-4-2-3-5-15(12)24-16/h2-7,9-10H,8H2,1H3,(H,22,23). The summed E-state index contributed by atoms with van der Waals surface area (Å²) in [6.45, 7) is 1.98. The summed E-state index contributed by atoms with van der Waals surface area (Å²) in [6, 6.07) is 13.0. The van der Waals surface area contributed by atoms with Crippen molar-refractivity contribution in [2.45, 2.75) is 13.3 Å². The minimum atomic E-state index is -1.01. The second-order valence-electron chi connectivity index (χ2n) is 5.93. The van der Waals surface area contributed by atoms with Gasteiger partial charge in [0, 0.05) is 21.6 Å². The number of rotatable bonds is 5. The third-order valence-corrected chi connectivity index (χ3v) is 6.31. The van der Waals surface area contributed by atoms with Crippen LogP contribution in [0.4, 0.5) is 0 Å². The molecule has 4 rings (SSSR count). The van der Waals surface area contributed by atoms with Gasteiger partial charge < -0.3 is 9.52 Å². The number of carboxylic acids is 1. The highest BCUT2D eigenvalue weighted by Gasteiger charge is 2.23. The number of furan rings is 1. The van der Waals surface area contributed by atoms with E-state index in [2.05, 4.69) is 0 Å². The highest BCUT2D eigenvalue weighted by Crippen LogP contribution is 2.37. The summed E-state index contributed by atoms with van der Waals surface area (Å²) in [5, 5.41) is 12.3. The highest BCUT2D eigenvalue weighted by atomic mass is 32.1. The van der Waals surface area contributed by atoms with Gasteiger partial charge in [-0.3, -0.25) is 4.79 Å². The van der Waals surface area contributed by atoms with Crippen molar-refractivity contribution in [2.24, 2.45) is 0 Å². The summed E-state index contributed by atoms with van der Waals surface area (Å²) in [6.07, 6.45) is 0.00229. The van der Waals surface area contributed by atoms with Gasteiger partial charge in [0.15, 0.2) is 5.76 Å². The second-order valence-corrected chi connectivity index (χ2v) is 8.10. The van der Waals surface area contributed by atoms with Gasteiger partial charge in [-0.15, -0.1) is 22.7 Å². The molecule has 3 heterocycles. The molecule has 0 radical (unpaired) electrons. The van der Waals surface area contributed by atoms with E-state index in [1.807, 2.05) is 37.3 Å². The summed E-state index contributed by atoms with van der Waals surface area (Å²) in [5.74, 6) is -0.989. The summed E-state index contributed by atoms with van der Waals surface area (Å²) >= 11 is 2.91. The minimum Gasteiger partial charge on any atom is -0.478 e. The molecule has 130 valence electrons. The fourth-order valence-electron chi connectivity index (χ4n) is 2.88. The molecule has 0 fully saturated rings. The Morgan fingerprint density at radius 3 is 2.65 bits per heavy atom. The molecule has 0 aliphatic heterocycles. The second kappa shape index (κ2) is 6.55. The molecule has 0 aliphatic carbocycles. The molecule has 0 spiro atoms. The van der Waals surface area contributed by atoms with Crippen LogP contribution >= 0.6 is 22.7 Å². The maximum Gasteiger partial charge on any atom is 0.337 e. The zero-order chi connectivity index (χ0) is 18.3. The zero-order valence-corrected chi connectivity index (χ0v) is 15.4. The van der Waals surface area contributed by atoms with Crippen molar-refractivity contribution < 1.29 is 19.1 Å². The Hall–Kier alpha value is -2.70. The Labute approximate surface area is 157 Å². The predicted molar refractivity (Wildman–Crippen MR) is 104 cm³/mol. The number of aromatic carboxylic acids is 1. The SMILES string of the molecule is Cc1ccc(-c2scc(CC(=O)c3cc4ccccc4o3)c2C(=O)O)s1. The highest BCUT2D eigenvalue weighted by molar-refractivity contribution is 7.21. The molecule has 26 heavy (non-hydrogen) atoms. The third kappa shape index (κ3) is 2.98. The molecule has 0 saturated heterocycles. The van der Waals surface area contributed by atoms with Gasteiger partial charge in [-0.1, -0.05) is 18.2 Å². The van der Waals surface area contributed by atoms with Crippen LogP contribution in [-0.4, -0.2) is 16.9 Å². The number of para-hydroxylation sites is 1. The number of fused-ring (bicyclic) bond motifs is 1. The molecular formula is C20H14O4S2. The van der Waals surface area contributed by atoms with Crippen molar-refractivity contribution in [1.29, 1.82) is 0 Å². The van der Waals surface area contributed by atoms with E-state index in [0.29, 0.717) is 16.0 Å². The Morgan fingerprint density at radius 2 is 1.96 bits per heavy atom. The van der Waals surface area contributed by atoms with Crippen molar-refractivity contribution in [2.75, 3.05) is 0 Å². The van der Waals surface area contributed by atoms with E-state index in [1.165, 1.54) is 11.3 Å². The van der Waals surface area contributed by atoms with Gasteiger partial charge in [-0.05, 0) is 42.1 Å². The molecule has 0 aliphatic rings. The number of carbonyl (C=O) groups is 2. The van der Waals surface area contributed by atoms with Crippen molar-refractivity contribution in [3.05, 3.63) is 69.6 Å². The van der Waals surface area contributed by atoms with Crippen LogP contribution in [0.15, 0.2) is 52.3 Å². The van der Waals surface area contributed by atoms with E-state index in [9.17, 15) is 14.7 Å². The van der Waals surface area contributed by atoms with Gasteiger partial charge in [0.1, 0.15) is 5.58 Å². The van der Waals surface area contributed by atoms with Gasteiger partial charge in [-0.2, -0.15) is 0 Å². The number of carbonyl (C=O) groups excluding carboxylic acids is 1. The number of ketones is 1. The quantitative estimate of drug-likeness (QED) is 0.453. The Morgan fingerprint density at radius 1 is 1.15 bits per heavy atom. The molecule has 3 aromatic heterocycles. The molecule has 6 heteroatoms. The van der Waals surface area contributed by atoms with Crippen LogP contribution in [0, 0.1) is 6.92 Å². The van der Waals surface area contributed by atoms with Gasteiger partial charge in [0.2, 0.25) is 5.78 Å². The van der Waals surface area contributed by atoms with Crippen LogP contribution in [0.3, 0.4) is 0 Å². The summed E-state index contributed by atoms with van der Waals surface area (Å²) in [5.41, 5.74) is 1.38. The maximum absolute atomic E-state index is 12.6. The van der Waals surface area contributed by atoms with Crippen LogP contribution in [0.25, 0.3) is 20.7 Å². The van der Waals surface area contributed by atoms with E-state index < -0.39 is 5.97 Å². The van der Waals surface area contributed by atoms with Crippen LogP contribution in [0.2, 0.25) is 0 Å². The van der Waals surface area contributed by atoms with Crippen molar-refractivity contribution in [3.63, 3.8) is 0 Å². The van der Waals surface area contributed by atoms with Gasteiger partial charge in [0.25, 0.3) is 0 Å². The van der Waals surface area contributed by atoms with Crippen LogP contribution < -0.4 is 0 Å². The number of aryl methyl sites for hydroxylation is 1. The van der Waals surface area contributed by atoms with E-state index in [-0.39, 0.29) is 23.5 Å². The first-order valence-corrected chi connectivity index (χ1v) is 9.65. The molecule has 1 aromatic carbocycles. The normalized spacial score (nSPS) is 11.1. The van der Waals surface area contributed by atoms with Crippen LogP contribution in [0.5, 0.6) is 0 Å². The number of hydrogen-bond donors (Lipinski definition) is 1. The Bertz CT molecular complexity index is 1100. The zero-order valence-electron chi connectivity index (χ0n) is 13.8. The summed E-state index contributed by atoms with van der Waals surface area (Å²) < 4.78 is 5.61. The fourth-order valence-corrected chi connectivity index (χ4v) is 4.94. The molecule has 4 aromatic rings. The summed E-state index contributed by atoms with van der Waals surface area (Å²) in [7, 11) is 0. The van der Waals surface area contributed by atoms with Crippen molar-refractivity contribution in [3.8, 4) is 9.75 Å². The van der Waals surface area contributed by atoms with E-state index >= 15 is 0 Å².